The molecule has 0 bridgehead atoms. The topological polar surface area (TPSA) is 71.7 Å². The van der Waals surface area contributed by atoms with Crippen LogP contribution in [0.5, 0.6) is 0 Å². The van der Waals surface area contributed by atoms with Crippen LogP contribution in [-0.2, 0) is 14.4 Å². The number of oxime groups is 1. The van der Waals surface area contributed by atoms with Crippen molar-refractivity contribution in [3.8, 4) is 6.07 Å². The number of ether oxygens (including phenoxy) is 1. The molecule has 1 aliphatic heterocycles. The highest BCUT2D eigenvalue weighted by Crippen LogP contribution is 2.11. The zero-order chi connectivity index (χ0) is 8.97. The highest BCUT2D eigenvalue weighted by atomic mass is 16.7. The van der Waals surface area contributed by atoms with E-state index in [1.54, 1.807) is 6.92 Å². The van der Waals surface area contributed by atoms with Crippen molar-refractivity contribution < 1.29 is 14.4 Å². The molecule has 0 fully saturated rings. The summed E-state index contributed by atoms with van der Waals surface area (Å²) in [6, 6.07) is 1.81. The van der Waals surface area contributed by atoms with Gasteiger partial charge < -0.3 is 9.57 Å². The molecule has 1 unspecified atom stereocenters. The predicted molar refractivity (Wildman–Crippen MR) is 39.2 cm³/mol. The molecule has 0 saturated carbocycles. The maximum atomic E-state index is 11.0. The first kappa shape index (κ1) is 8.53. The van der Waals surface area contributed by atoms with Crippen LogP contribution in [0.3, 0.4) is 0 Å². The van der Waals surface area contributed by atoms with E-state index in [0.717, 1.165) is 0 Å². The van der Waals surface area contributed by atoms with Crippen molar-refractivity contribution in [2.24, 2.45) is 5.16 Å². The lowest BCUT2D eigenvalue weighted by Gasteiger charge is -2.05. The summed E-state index contributed by atoms with van der Waals surface area (Å²) in [5.74, 6) is -0.466. The van der Waals surface area contributed by atoms with Gasteiger partial charge in [-0.25, -0.2) is 4.79 Å². The first-order valence-electron chi connectivity index (χ1n) is 3.57. The molecule has 0 radical (unpaired) electrons. The fraction of sp³-hybridized carbons (Fsp3) is 0.571. The van der Waals surface area contributed by atoms with Gasteiger partial charge in [-0.15, -0.1) is 0 Å². The average molecular weight is 168 g/mol. The number of rotatable bonds is 2. The minimum absolute atomic E-state index is 0.218. The number of hydrogen-bond donors (Lipinski definition) is 0. The zero-order valence-electron chi connectivity index (χ0n) is 6.61. The monoisotopic (exact) mass is 168 g/mol. The Morgan fingerprint density at radius 1 is 2.00 bits per heavy atom. The Kier molecular flexibility index (Phi) is 2.64. The molecule has 12 heavy (non-hydrogen) atoms. The number of carbonyl (C=O) groups excluding carboxylic acids is 1. The average Bonchev–Trinajstić information content (AvgIpc) is 2.52. The first-order chi connectivity index (χ1) is 5.77. The fourth-order valence-corrected chi connectivity index (χ4v) is 0.805. The van der Waals surface area contributed by atoms with Crippen LogP contribution in [0.2, 0.25) is 0 Å². The molecule has 5 heteroatoms. The van der Waals surface area contributed by atoms with Crippen molar-refractivity contribution in [2.45, 2.75) is 19.4 Å². The third-order valence-electron chi connectivity index (χ3n) is 1.35. The molecule has 64 valence electrons. The Morgan fingerprint density at radius 2 is 2.75 bits per heavy atom. The van der Waals surface area contributed by atoms with Gasteiger partial charge in [-0.1, -0.05) is 5.16 Å². The van der Waals surface area contributed by atoms with Crippen molar-refractivity contribution in [3.05, 3.63) is 0 Å². The molecule has 1 aliphatic rings. The normalized spacial score (nSPS) is 20.7. The molecule has 1 rings (SSSR count). The molecule has 0 aromatic rings. The summed E-state index contributed by atoms with van der Waals surface area (Å²) in [6.07, 6.45) is -0.505. The molecular formula is C7H8N2O3. The van der Waals surface area contributed by atoms with Crippen LogP contribution in [-0.4, -0.2) is 24.4 Å². The number of hydrogen-bond acceptors (Lipinski definition) is 5. The number of carbonyl (C=O) groups is 1. The van der Waals surface area contributed by atoms with E-state index in [2.05, 4.69) is 14.7 Å². The van der Waals surface area contributed by atoms with E-state index >= 15 is 0 Å². The van der Waals surface area contributed by atoms with E-state index in [-0.39, 0.29) is 12.1 Å². The Balaban J connectivity index is 2.41. The highest BCUT2D eigenvalue weighted by Gasteiger charge is 2.29. The maximum absolute atomic E-state index is 11.0. The Hall–Kier alpha value is -1.57. The van der Waals surface area contributed by atoms with Gasteiger partial charge in [0.15, 0.2) is 5.71 Å². The van der Waals surface area contributed by atoms with Crippen molar-refractivity contribution in [1.29, 1.82) is 5.26 Å². The molecule has 0 N–H and O–H groups in total. The van der Waals surface area contributed by atoms with Gasteiger partial charge in [0.2, 0.25) is 6.10 Å². The molecule has 1 atom stereocenters. The van der Waals surface area contributed by atoms with Gasteiger partial charge in [0.1, 0.15) is 6.07 Å². The summed E-state index contributed by atoms with van der Waals surface area (Å²) in [4.78, 5) is 15.6. The van der Waals surface area contributed by atoms with Gasteiger partial charge in [-0.05, 0) is 6.92 Å². The Labute approximate surface area is 69.6 Å². The molecule has 0 spiro atoms. The van der Waals surface area contributed by atoms with Crippen molar-refractivity contribution in [3.63, 3.8) is 0 Å². The van der Waals surface area contributed by atoms with E-state index in [0.29, 0.717) is 6.61 Å². The lowest BCUT2D eigenvalue weighted by molar-refractivity contribution is -0.154. The van der Waals surface area contributed by atoms with Gasteiger partial charge in [-0.3, -0.25) is 0 Å². The molecule has 0 aromatic carbocycles. The van der Waals surface area contributed by atoms with E-state index < -0.39 is 12.1 Å². The summed E-state index contributed by atoms with van der Waals surface area (Å²) >= 11 is 0. The van der Waals surface area contributed by atoms with Gasteiger partial charge >= 0.3 is 5.97 Å². The molecule has 0 saturated heterocycles. The molecule has 0 aromatic heterocycles. The summed E-state index contributed by atoms with van der Waals surface area (Å²) in [6.45, 7) is 2.01. The first-order valence-corrected chi connectivity index (χ1v) is 3.57. The minimum atomic E-state index is -0.723. The molecule has 0 amide bonds. The highest BCUT2D eigenvalue weighted by molar-refractivity contribution is 6.01. The third-order valence-corrected chi connectivity index (χ3v) is 1.35. The van der Waals surface area contributed by atoms with E-state index in [1.807, 2.05) is 6.07 Å². The SMILES string of the molecule is CCOC(=O)C1CC(C#N)=NO1. The van der Waals surface area contributed by atoms with Gasteiger partial charge in [0.25, 0.3) is 0 Å². The third kappa shape index (κ3) is 1.72. The van der Waals surface area contributed by atoms with Crippen LogP contribution >= 0.6 is 0 Å². The minimum Gasteiger partial charge on any atom is -0.463 e. The Morgan fingerprint density at radius 3 is 3.25 bits per heavy atom. The lowest BCUT2D eigenvalue weighted by Crippen LogP contribution is -2.23. The van der Waals surface area contributed by atoms with Crippen molar-refractivity contribution in [2.75, 3.05) is 6.61 Å². The van der Waals surface area contributed by atoms with Gasteiger partial charge in [0, 0.05) is 0 Å². The zero-order valence-corrected chi connectivity index (χ0v) is 6.61. The van der Waals surface area contributed by atoms with Gasteiger partial charge in [0.05, 0.1) is 13.0 Å². The predicted octanol–water partition coefficient (Wildman–Crippen LogP) is 0.218. The summed E-state index contributed by atoms with van der Waals surface area (Å²) in [5, 5.41) is 11.8. The van der Waals surface area contributed by atoms with Crippen LogP contribution in [0, 0.1) is 11.3 Å². The van der Waals surface area contributed by atoms with E-state index in [9.17, 15) is 4.79 Å². The second kappa shape index (κ2) is 3.72. The van der Waals surface area contributed by atoms with Crippen LogP contribution in [0.1, 0.15) is 13.3 Å². The fourth-order valence-electron chi connectivity index (χ4n) is 0.805. The van der Waals surface area contributed by atoms with E-state index in [4.69, 9.17) is 5.26 Å². The van der Waals surface area contributed by atoms with Crippen molar-refractivity contribution in [1.82, 2.24) is 0 Å². The lowest BCUT2D eigenvalue weighted by atomic mass is 10.2. The second-order valence-electron chi connectivity index (χ2n) is 2.20. The maximum Gasteiger partial charge on any atom is 0.350 e. The molecule has 0 aliphatic carbocycles. The number of esters is 1. The number of nitrogens with zero attached hydrogens (tertiary/aromatic N) is 2. The second-order valence-corrected chi connectivity index (χ2v) is 2.20. The largest absolute Gasteiger partial charge is 0.463 e. The van der Waals surface area contributed by atoms with E-state index in [1.165, 1.54) is 0 Å². The quantitative estimate of drug-likeness (QED) is 0.553. The molecule has 1 heterocycles. The van der Waals surface area contributed by atoms with Gasteiger partial charge in [-0.2, -0.15) is 5.26 Å². The molecule has 5 nitrogen and oxygen atoms in total. The summed E-state index contributed by atoms with van der Waals surface area (Å²) in [5.41, 5.74) is 0.230. The number of nitriles is 1. The van der Waals surface area contributed by atoms with Crippen LogP contribution < -0.4 is 0 Å². The smallest absolute Gasteiger partial charge is 0.350 e. The van der Waals surface area contributed by atoms with Crippen LogP contribution in [0.25, 0.3) is 0 Å². The summed E-state index contributed by atoms with van der Waals surface area (Å²) < 4.78 is 4.67. The Bertz CT molecular complexity index is 254. The summed E-state index contributed by atoms with van der Waals surface area (Å²) in [7, 11) is 0. The standard InChI is InChI=1S/C7H8N2O3/c1-2-11-7(10)6-3-5(4-8)9-12-6/h6H,2-3H2,1H3. The van der Waals surface area contributed by atoms with Crippen molar-refractivity contribution >= 4 is 11.7 Å². The van der Waals surface area contributed by atoms with Crippen LogP contribution in [0.4, 0.5) is 0 Å². The molecular weight excluding hydrogens is 160 g/mol. The van der Waals surface area contributed by atoms with Crippen LogP contribution in [0.15, 0.2) is 5.16 Å².